The van der Waals surface area contributed by atoms with Crippen LogP contribution >= 0.6 is 0 Å². The molecule has 0 spiro atoms. The molecule has 0 saturated carbocycles. The van der Waals surface area contributed by atoms with Gasteiger partial charge in [0.05, 0.1) is 0 Å². The first-order valence-electron chi connectivity index (χ1n) is 2.56. The molecule has 0 amide bonds. The molecule has 0 aliphatic carbocycles. The van der Waals surface area contributed by atoms with Gasteiger partial charge < -0.3 is 11.6 Å². The maximum absolute atomic E-state index is 9.79. The van der Waals surface area contributed by atoms with E-state index >= 15 is 0 Å². The summed E-state index contributed by atoms with van der Waals surface area (Å²) >= 11 is 0. The van der Waals surface area contributed by atoms with Crippen LogP contribution in [0.5, 0.6) is 0 Å². The Morgan fingerprint density at radius 3 is 1.60 bits per heavy atom. The Morgan fingerprint density at radius 2 is 1.40 bits per heavy atom. The van der Waals surface area contributed by atoms with Crippen LogP contribution in [0.15, 0.2) is 0 Å². The second-order valence-corrected chi connectivity index (χ2v) is 1.64. The Hall–Kier alpha value is 0.745. The molecule has 0 aromatic rings. The molecule has 0 aromatic carbocycles. The predicted octanol–water partition coefficient (Wildman–Crippen LogP) is -2.56. The van der Waals surface area contributed by atoms with Crippen LogP contribution in [0, 0.1) is 0 Å². The minimum Gasteiger partial charge on any atom is -1.00 e. The molecule has 5 heteroatoms. The first kappa shape index (κ1) is 13.3. The topological polar surface area (TPSA) is 74.6 Å². The van der Waals surface area contributed by atoms with E-state index in [-0.39, 0.29) is 78.9 Å². The molecule has 2 N–H and O–H groups in total. The van der Waals surface area contributed by atoms with Gasteiger partial charge in [0.15, 0.2) is 0 Å². The van der Waals surface area contributed by atoms with Crippen LogP contribution in [-0.2, 0) is 9.59 Å². The third-order valence-corrected chi connectivity index (χ3v) is 0.781. The van der Waals surface area contributed by atoms with Crippen molar-refractivity contribution < 1.29 is 79.4 Å². The van der Waals surface area contributed by atoms with Gasteiger partial charge in [0, 0.05) is 12.8 Å². The van der Waals surface area contributed by atoms with Crippen molar-refractivity contribution in [3.8, 4) is 0 Å². The molecule has 4 nitrogen and oxygen atoms in total. The summed E-state index contributed by atoms with van der Waals surface area (Å²) < 4.78 is 0. The summed E-state index contributed by atoms with van der Waals surface area (Å²) in [5, 5.41) is 16.1. The van der Waals surface area contributed by atoms with Crippen LogP contribution in [0.2, 0.25) is 0 Å². The van der Waals surface area contributed by atoms with Gasteiger partial charge in [0.25, 0.3) is 0 Å². The fraction of sp³-hybridized carbons (Fsp3) is 0.600. The normalized spacial score (nSPS) is 8.00. The van der Waals surface area contributed by atoms with E-state index in [1.54, 1.807) is 0 Å². The molecule has 0 aliphatic heterocycles. The summed E-state index contributed by atoms with van der Waals surface area (Å²) in [7, 11) is 0. The fourth-order valence-electron chi connectivity index (χ4n) is 0.391. The van der Waals surface area contributed by atoms with Crippen molar-refractivity contribution in [2.45, 2.75) is 19.3 Å². The number of hydrogen-bond donors (Lipinski definition) is 2. The average molecular weight is 219 g/mol. The van der Waals surface area contributed by atoms with E-state index in [9.17, 15) is 9.59 Å². The zero-order chi connectivity index (χ0) is 7.28. The van der Waals surface area contributed by atoms with Crippen molar-refractivity contribution in [1.82, 2.24) is 0 Å². The van der Waals surface area contributed by atoms with Crippen LogP contribution < -0.4 is 58.2 Å². The van der Waals surface area contributed by atoms with Crippen LogP contribution in [-0.4, -0.2) is 22.2 Å². The number of carboxylic acids is 2. The van der Waals surface area contributed by atoms with Gasteiger partial charge in [-0.1, -0.05) is 0 Å². The number of carboxylic acid groups (broad SMARTS) is 2. The molecule has 0 atom stereocenters. The molecule has 0 bridgehead atoms. The molecule has 0 unspecified atom stereocenters. The average Bonchev–Trinajstić information content (AvgIpc) is 1.63. The minimum absolute atomic E-state index is 0. The Labute approximate surface area is 109 Å². The van der Waals surface area contributed by atoms with Gasteiger partial charge in [-0.2, -0.15) is 0 Å². The van der Waals surface area contributed by atoms with Gasteiger partial charge in [-0.05, 0) is 6.42 Å². The Morgan fingerprint density at radius 1 is 1.10 bits per heavy atom. The van der Waals surface area contributed by atoms with Gasteiger partial charge in [0.2, 0.25) is 0 Å². The molecule has 54 valence electrons. The van der Waals surface area contributed by atoms with Crippen molar-refractivity contribution in [2.24, 2.45) is 0 Å². The smallest absolute Gasteiger partial charge is 1.00 e. The van der Waals surface area contributed by atoms with Gasteiger partial charge in [0.1, 0.15) is 0 Å². The molecule has 10 heavy (non-hydrogen) atoms. The SMILES string of the molecule is O=C(O)CCCC(=O)O.[H-].[Rb+]. The second kappa shape index (κ2) is 7.85. The maximum Gasteiger partial charge on any atom is 1.00 e. The third-order valence-electron chi connectivity index (χ3n) is 0.781. The first-order valence-corrected chi connectivity index (χ1v) is 2.56. The van der Waals surface area contributed by atoms with E-state index in [1.807, 2.05) is 0 Å². The van der Waals surface area contributed by atoms with Crippen LogP contribution in [0.25, 0.3) is 0 Å². The first-order chi connectivity index (χ1) is 4.13. The Balaban J connectivity index is -0.000000320. The molecular formula is C5H9O4Rb. The monoisotopic (exact) mass is 218 g/mol. The Bertz CT molecular complexity index is 114. The van der Waals surface area contributed by atoms with E-state index in [4.69, 9.17) is 10.2 Å². The van der Waals surface area contributed by atoms with Crippen molar-refractivity contribution in [2.75, 3.05) is 0 Å². The number of hydrogen-bond acceptors (Lipinski definition) is 2. The van der Waals surface area contributed by atoms with Crippen molar-refractivity contribution >= 4 is 11.9 Å². The standard InChI is InChI=1S/C5H8O4.Rb.H/c6-4(7)2-1-3-5(8)9;;/h1-3H2,(H,6,7)(H,8,9);;/q;+1;-1. The molecule has 0 aliphatic rings. The predicted molar refractivity (Wildman–Crippen MR) is 30.2 cm³/mol. The van der Waals surface area contributed by atoms with E-state index in [2.05, 4.69) is 0 Å². The van der Waals surface area contributed by atoms with Crippen molar-refractivity contribution in [1.29, 1.82) is 0 Å². The van der Waals surface area contributed by atoms with E-state index in [0.717, 1.165) is 0 Å². The minimum atomic E-state index is -0.948. The molecular weight excluding hydrogens is 210 g/mol. The fourth-order valence-corrected chi connectivity index (χ4v) is 0.391. The van der Waals surface area contributed by atoms with Crippen LogP contribution in [0.1, 0.15) is 20.7 Å². The van der Waals surface area contributed by atoms with E-state index < -0.39 is 11.9 Å². The van der Waals surface area contributed by atoms with Crippen molar-refractivity contribution in [3.63, 3.8) is 0 Å². The molecule has 0 fully saturated rings. The summed E-state index contributed by atoms with van der Waals surface area (Å²) in [5.74, 6) is -1.90. The maximum atomic E-state index is 9.79. The molecule has 0 heterocycles. The molecule has 0 radical (unpaired) electrons. The van der Waals surface area contributed by atoms with E-state index in [1.165, 1.54) is 0 Å². The van der Waals surface area contributed by atoms with Gasteiger partial charge in [-0.15, -0.1) is 0 Å². The second-order valence-electron chi connectivity index (χ2n) is 1.64. The summed E-state index contributed by atoms with van der Waals surface area (Å²) in [5.41, 5.74) is 0. The summed E-state index contributed by atoms with van der Waals surface area (Å²) in [4.78, 5) is 19.6. The molecule has 0 rings (SSSR count). The molecule has 0 saturated heterocycles. The zero-order valence-corrected chi connectivity index (χ0v) is 10.7. The number of carbonyl (C=O) groups is 2. The van der Waals surface area contributed by atoms with Crippen molar-refractivity contribution in [3.05, 3.63) is 0 Å². The van der Waals surface area contributed by atoms with Gasteiger partial charge in [-0.25, -0.2) is 0 Å². The van der Waals surface area contributed by atoms with Gasteiger partial charge >= 0.3 is 70.1 Å². The van der Waals surface area contributed by atoms with Crippen LogP contribution in [0.4, 0.5) is 0 Å². The summed E-state index contributed by atoms with van der Waals surface area (Å²) in [6.07, 6.45) is 0.0866. The quantitative estimate of drug-likeness (QED) is 0.545. The summed E-state index contributed by atoms with van der Waals surface area (Å²) in [6.45, 7) is 0. The zero-order valence-electron chi connectivity index (χ0n) is 6.83. The van der Waals surface area contributed by atoms with Crippen LogP contribution in [0.3, 0.4) is 0 Å². The molecule has 0 aromatic heterocycles. The Kier molecular flexibility index (Phi) is 10.5. The third kappa shape index (κ3) is 11.5. The number of rotatable bonds is 4. The largest absolute Gasteiger partial charge is 1.00 e. The van der Waals surface area contributed by atoms with Gasteiger partial charge in [-0.3, -0.25) is 9.59 Å². The number of aliphatic carboxylic acids is 2. The summed E-state index contributed by atoms with van der Waals surface area (Å²) in [6, 6.07) is 0. The van der Waals surface area contributed by atoms with E-state index in [0.29, 0.717) is 0 Å².